The SMILES string of the molecule is Cc1c(C(=O)N[C@H](c2cn3ccc([C@H](NC(=O)CCC(F)(F)F)C4CC4)nc3n2)C2CCC(F)(F)CC2)cnn1CCC(F)(F)F. The van der Waals surface area contributed by atoms with Gasteiger partial charge in [-0.1, -0.05) is 0 Å². The molecular formula is C29H33F8N7O2. The number of carbonyl (C=O) groups is 2. The summed E-state index contributed by atoms with van der Waals surface area (Å²) in [5, 5.41) is 9.41. The molecule has 46 heavy (non-hydrogen) atoms. The minimum absolute atomic E-state index is 0.00421. The number of nitrogens with one attached hydrogen (secondary N) is 2. The van der Waals surface area contributed by atoms with Gasteiger partial charge in [0, 0.05) is 43.9 Å². The zero-order chi connectivity index (χ0) is 33.4. The Kier molecular flexibility index (Phi) is 9.33. The van der Waals surface area contributed by atoms with Gasteiger partial charge in [0.05, 0.1) is 48.1 Å². The van der Waals surface area contributed by atoms with E-state index in [2.05, 4.69) is 25.7 Å². The number of hydrogen-bond acceptors (Lipinski definition) is 5. The van der Waals surface area contributed by atoms with Crippen LogP contribution >= 0.6 is 0 Å². The molecule has 2 fully saturated rings. The fraction of sp³-hybridized carbons (Fsp3) is 0.621. The third kappa shape index (κ3) is 8.51. The number of alkyl halides is 8. The molecule has 0 aliphatic heterocycles. The fourth-order valence-corrected chi connectivity index (χ4v) is 5.77. The van der Waals surface area contributed by atoms with E-state index in [1.807, 2.05) is 0 Å². The lowest BCUT2D eigenvalue weighted by molar-refractivity contribution is -0.144. The van der Waals surface area contributed by atoms with E-state index in [4.69, 9.17) is 0 Å². The van der Waals surface area contributed by atoms with Gasteiger partial charge in [0.25, 0.3) is 5.91 Å². The number of rotatable bonds is 11. The molecule has 3 aromatic rings. The standard InChI is InChI=1S/C29H33F8N7O2/c1-16-19(14-38-44(16)13-11-29(35,36)37)25(46)42-24(18-4-8-27(30,31)9-5-18)21-15-43-12-7-20(39-26(43)40-21)23(17-2-3-17)41-22(45)6-10-28(32,33)34/h7,12,14-15,17-18,23-24H,2-6,8-11,13H2,1H3,(H,41,45)(H,42,46)/t23-,24+/m1/s1. The molecule has 2 atom stereocenters. The average molecular weight is 664 g/mol. The van der Waals surface area contributed by atoms with Crippen LogP contribution in [0.4, 0.5) is 35.1 Å². The van der Waals surface area contributed by atoms with Crippen LogP contribution in [0, 0.1) is 18.8 Å². The molecule has 0 bridgehead atoms. The maximum Gasteiger partial charge on any atom is 0.390 e. The number of aromatic nitrogens is 5. The predicted octanol–water partition coefficient (Wildman–Crippen LogP) is 6.39. The molecule has 0 radical (unpaired) electrons. The van der Waals surface area contributed by atoms with E-state index in [0.717, 1.165) is 23.7 Å². The highest BCUT2D eigenvalue weighted by atomic mass is 19.4. The summed E-state index contributed by atoms with van der Waals surface area (Å²) in [7, 11) is 0. The summed E-state index contributed by atoms with van der Waals surface area (Å²) in [5.41, 5.74) is 0.950. The topological polar surface area (TPSA) is 106 Å². The third-order valence-electron chi connectivity index (χ3n) is 8.52. The highest BCUT2D eigenvalue weighted by molar-refractivity contribution is 5.95. The number of halogens is 8. The monoisotopic (exact) mass is 663 g/mol. The molecule has 17 heteroatoms. The van der Waals surface area contributed by atoms with Crippen LogP contribution in [0.3, 0.4) is 0 Å². The van der Waals surface area contributed by atoms with Crippen molar-refractivity contribution in [3.63, 3.8) is 0 Å². The van der Waals surface area contributed by atoms with Crippen LogP contribution in [0.25, 0.3) is 5.78 Å². The van der Waals surface area contributed by atoms with Crippen molar-refractivity contribution in [2.45, 2.75) is 102 Å². The van der Waals surface area contributed by atoms with Crippen molar-refractivity contribution in [2.75, 3.05) is 0 Å². The Hall–Kier alpha value is -3.79. The summed E-state index contributed by atoms with van der Waals surface area (Å²) in [6.45, 7) is 0.984. The molecule has 2 saturated carbocycles. The molecule has 3 aromatic heterocycles. The Balaban J connectivity index is 1.38. The van der Waals surface area contributed by atoms with Gasteiger partial charge in [-0.25, -0.2) is 18.7 Å². The maximum absolute atomic E-state index is 14.0. The predicted molar refractivity (Wildman–Crippen MR) is 147 cm³/mol. The van der Waals surface area contributed by atoms with E-state index < -0.39 is 86.7 Å². The van der Waals surface area contributed by atoms with E-state index in [9.17, 15) is 44.7 Å². The second kappa shape index (κ2) is 12.8. The molecule has 2 aliphatic rings. The van der Waals surface area contributed by atoms with Crippen molar-refractivity contribution in [3.05, 3.63) is 47.3 Å². The lowest BCUT2D eigenvalue weighted by Gasteiger charge is -2.33. The second-order valence-corrected chi connectivity index (χ2v) is 12.1. The molecule has 0 spiro atoms. The second-order valence-electron chi connectivity index (χ2n) is 12.1. The Morgan fingerprint density at radius 2 is 1.54 bits per heavy atom. The lowest BCUT2D eigenvalue weighted by Crippen LogP contribution is -2.37. The number of fused-ring (bicyclic) bond motifs is 1. The zero-order valence-electron chi connectivity index (χ0n) is 24.8. The molecule has 9 nitrogen and oxygen atoms in total. The highest BCUT2D eigenvalue weighted by Crippen LogP contribution is 2.42. The largest absolute Gasteiger partial charge is 0.390 e. The van der Waals surface area contributed by atoms with Gasteiger partial charge >= 0.3 is 12.4 Å². The van der Waals surface area contributed by atoms with Gasteiger partial charge in [0.15, 0.2) is 0 Å². The Morgan fingerprint density at radius 3 is 2.17 bits per heavy atom. The van der Waals surface area contributed by atoms with Gasteiger partial charge in [0.1, 0.15) is 0 Å². The number of imidazole rings is 1. The summed E-state index contributed by atoms with van der Waals surface area (Å²) in [5.74, 6) is -4.54. The van der Waals surface area contributed by atoms with Gasteiger partial charge in [0.2, 0.25) is 17.6 Å². The maximum atomic E-state index is 14.0. The number of aryl methyl sites for hydroxylation is 1. The zero-order valence-corrected chi connectivity index (χ0v) is 24.8. The van der Waals surface area contributed by atoms with Gasteiger partial charge in [-0.2, -0.15) is 31.4 Å². The Labute approximate surface area is 258 Å². The first-order chi connectivity index (χ1) is 21.5. The van der Waals surface area contributed by atoms with E-state index in [1.54, 1.807) is 22.9 Å². The van der Waals surface area contributed by atoms with E-state index in [1.165, 1.54) is 6.92 Å². The molecule has 5 rings (SSSR count). The molecule has 2 amide bonds. The summed E-state index contributed by atoms with van der Waals surface area (Å²) >= 11 is 0. The molecule has 0 saturated heterocycles. The third-order valence-corrected chi connectivity index (χ3v) is 8.52. The van der Waals surface area contributed by atoms with E-state index in [-0.39, 0.29) is 35.8 Å². The first-order valence-corrected chi connectivity index (χ1v) is 15.0. The van der Waals surface area contributed by atoms with Gasteiger partial charge in [-0.3, -0.25) is 18.7 Å². The molecule has 2 aliphatic carbocycles. The van der Waals surface area contributed by atoms with E-state index in [0.29, 0.717) is 11.4 Å². The van der Waals surface area contributed by atoms with Crippen molar-refractivity contribution in [3.8, 4) is 0 Å². The smallest absolute Gasteiger partial charge is 0.347 e. The number of carbonyl (C=O) groups excluding carboxylic acids is 2. The van der Waals surface area contributed by atoms with Crippen molar-refractivity contribution in [2.24, 2.45) is 11.8 Å². The van der Waals surface area contributed by atoms with Crippen LogP contribution in [0.5, 0.6) is 0 Å². The molecule has 0 aromatic carbocycles. The van der Waals surface area contributed by atoms with Crippen LogP contribution in [-0.4, -0.2) is 54.2 Å². The van der Waals surface area contributed by atoms with Crippen molar-refractivity contribution in [1.82, 2.24) is 34.8 Å². The summed E-state index contributed by atoms with van der Waals surface area (Å²) in [6.07, 6.45) is -6.79. The quantitative estimate of drug-likeness (QED) is 0.231. The normalized spacial score (nSPS) is 18.8. The molecule has 2 N–H and O–H groups in total. The fourth-order valence-electron chi connectivity index (χ4n) is 5.77. The Morgan fingerprint density at radius 1 is 0.935 bits per heavy atom. The first kappa shape index (κ1) is 33.6. The van der Waals surface area contributed by atoms with Crippen LogP contribution < -0.4 is 10.6 Å². The van der Waals surface area contributed by atoms with Gasteiger partial charge < -0.3 is 10.6 Å². The minimum Gasteiger partial charge on any atom is -0.347 e. The number of hydrogen-bond donors (Lipinski definition) is 2. The van der Waals surface area contributed by atoms with Crippen molar-refractivity contribution < 1.29 is 44.7 Å². The van der Waals surface area contributed by atoms with Crippen LogP contribution in [0.2, 0.25) is 0 Å². The van der Waals surface area contributed by atoms with Gasteiger partial charge in [-0.15, -0.1) is 0 Å². The van der Waals surface area contributed by atoms with Crippen LogP contribution in [-0.2, 0) is 11.3 Å². The van der Waals surface area contributed by atoms with Gasteiger partial charge in [-0.05, 0) is 50.5 Å². The van der Waals surface area contributed by atoms with Crippen molar-refractivity contribution >= 4 is 17.6 Å². The average Bonchev–Trinajstić information content (AvgIpc) is 3.61. The number of amides is 2. The summed E-state index contributed by atoms with van der Waals surface area (Å²) in [4.78, 5) is 34.8. The minimum atomic E-state index is -4.47. The highest BCUT2D eigenvalue weighted by Gasteiger charge is 2.40. The molecule has 252 valence electrons. The van der Waals surface area contributed by atoms with E-state index >= 15 is 0 Å². The van der Waals surface area contributed by atoms with Crippen molar-refractivity contribution in [1.29, 1.82) is 0 Å². The number of nitrogens with zero attached hydrogens (tertiary/aromatic N) is 5. The lowest BCUT2D eigenvalue weighted by atomic mass is 9.81. The summed E-state index contributed by atoms with van der Waals surface area (Å²) in [6, 6.07) is 0.130. The van der Waals surface area contributed by atoms with Crippen LogP contribution in [0.1, 0.15) is 97.3 Å². The first-order valence-electron chi connectivity index (χ1n) is 15.0. The Bertz CT molecular complexity index is 1550. The molecular weight excluding hydrogens is 630 g/mol. The van der Waals surface area contributed by atoms with Crippen LogP contribution in [0.15, 0.2) is 24.7 Å². The molecule has 0 unspecified atom stereocenters. The summed E-state index contributed by atoms with van der Waals surface area (Å²) < 4.78 is 107. The molecule has 3 heterocycles.